The van der Waals surface area contributed by atoms with Gasteiger partial charge in [0.1, 0.15) is 0 Å². The molecule has 0 atom stereocenters. The minimum Gasteiger partial charge on any atom is -0.397 e. The zero-order valence-corrected chi connectivity index (χ0v) is 11.0. The van der Waals surface area contributed by atoms with Gasteiger partial charge in [-0.15, -0.1) is 0 Å². The molecule has 0 aromatic heterocycles. The lowest BCUT2D eigenvalue weighted by Gasteiger charge is -2.09. The molecule has 0 unspecified atom stereocenters. The van der Waals surface area contributed by atoms with Crippen molar-refractivity contribution in [1.82, 2.24) is 0 Å². The lowest BCUT2D eigenvalue weighted by Crippen LogP contribution is -2.18. The van der Waals surface area contributed by atoms with Crippen molar-refractivity contribution in [3.8, 4) is 0 Å². The van der Waals surface area contributed by atoms with E-state index in [9.17, 15) is 8.42 Å². The summed E-state index contributed by atoms with van der Waals surface area (Å²) in [6.45, 7) is 0.511. The number of nitrogens with one attached hydrogen (secondary N) is 1. The van der Waals surface area contributed by atoms with E-state index in [2.05, 4.69) is 21.2 Å². The number of sulfonamides is 1. The van der Waals surface area contributed by atoms with Crippen LogP contribution in [0.2, 0.25) is 0 Å². The smallest absolute Gasteiger partial charge is 0.209 e. The molecule has 7 heteroatoms. The lowest BCUT2D eigenvalue weighted by atomic mass is 10.2. The van der Waals surface area contributed by atoms with Gasteiger partial charge in [-0.05, 0) is 24.6 Å². The van der Waals surface area contributed by atoms with Crippen molar-refractivity contribution in [2.24, 2.45) is 5.14 Å². The standard InChI is InChI=1S/C9H14BrN3O2S/c10-7-2-3-8(11)9(6-7)13-4-1-5-16(12,14)15/h2-3,6,13H,1,4-5,11H2,(H2,12,14,15). The van der Waals surface area contributed by atoms with Gasteiger partial charge in [-0.2, -0.15) is 0 Å². The number of rotatable bonds is 5. The fraction of sp³-hybridized carbons (Fsp3) is 0.333. The molecule has 1 rings (SSSR count). The molecule has 0 fully saturated rings. The Morgan fingerprint density at radius 1 is 1.38 bits per heavy atom. The Balaban J connectivity index is 2.46. The van der Waals surface area contributed by atoms with E-state index in [1.807, 2.05) is 12.1 Å². The maximum atomic E-state index is 10.7. The van der Waals surface area contributed by atoms with Crippen LogP contribution in [0.4, 0.5) is 11.4 Å². The van der Waals surface area contributed by atoms with Crippen molar-refractivity contribution >= 4 is 37.3 Å². The Bertz CT molecular complexity index is 462. The average Bonchev–Trinajstić information content (AvgIpc) is 2.16. The first-order valence-electron chi connectivity index (χ1n) is 4.68. The fourth-order valence-corrected chi connectivity index (χ4v) is 2.09. The third kappa shape index (κ3) is 4.82. The Hall–Kier alpha value is -0.790. The van der Waals surface area contributed by atoms with Crippen molar-refractivity contribution < 1.29 is 8.42 Å². The quantitative estimate of drug-likeness (QED) is 0.561. The monoisotopic (exact) mass is 307 g/mol. The van der Waals surface area contributed by atoms with Gasteiger partial charge in [-0.3, -0.25) is 0 Å². The number of hydrogen-bond acceptors (Lipinski definition) is 4. The highest BCUT2D eigenvalue weighted by Crippen LogP contribution is 2.22. The van der Waals surface area contributed by atoms with Crippen molar-refractivity contribution in [2.45, 2.75) is 6.42 Å². The van der Waals surface area contributed by atoms with Crippen LogP contribution in [0.3, 0.4) is 0 Å². The number of primary sulfonamides is 1. The summed E-state index contributed by atoms with van der Waals surface area (Å²) in [6, 6.07) is 5.45. The van der Waals surface area contributed by atoms with Gasteiger partial charge in [0.2, 0.25) is 10.0 Å². The molecule has 0 radical (unpaired) electrons. The predicted molar refractivity (Wildman–Crippen MR) is 69.6 cm³/mol. The van der Waals surface area contributed by atoms with Crippen LogP contribution in [0, 0.1) is 0 Å². The Kier molecular flexibility index (Phi) is 4.57. The third-order valence-electron chi connectivity index (χ3n) is 1.94. The van der Waals surface area contributed by atoms with Crippen LogP contribution in [-0.4, -0.2) is 20.7 Å². The summed E-state index contributed by atoms with van der Waals surface area (Å²) in [4.78, 5) is 0. The molecule has 0 aliphatic rings. The van der Waals surface area contributed by atoms with Crippen molar-refractivity contribution in [2.75, 3.05) is 23.3 Å². The Labute approximate surface area is 103 Å². The van der Waals surface area contributed by atoms with Crippen molar-refractivity contribution in [3.63, 3.8) is 0 Å². The number of halogens is 1. The lowest BCUT2D eigenvalue weighted by molar-refractivity contribution is 0.596. The topological polar surface area (TPSA) is 98.2 Å². The highest BCUT2D eigenvalue weighted by atomic mass is 79.9. The maximum absolute atomic E-state index is 10.7. The number of nitrogen functional groups attached to an aromatic ring is 1. The summed E-state index contributed by atoms with van der Waals surface area (Å²) >= 11 is 3.33. The second kappa shape index (κ2) is 5.51. The summed E-state index contributed by atoms with van der Waals surface area (Å²) in [6.07, 6.45) is 0.449. The first-order valence-corrected chi connectivity index (χ1v) is 7.19. The van der Waals surface area contributed by atoms with Gasteiger partial charge in [0.15, 0.2) is 0 Å². The van der Waals surface area contributed by atoms with Gasteiger partial charge >= 0.3 is 0 Å². The van der Waals surface area contributed by atoms with E-state index in [-0.39, 0.29) is 5.75 Å². The zero-order chi connectivity index (χ0) is 12.2. The van der Waals surface area contributed by atoms with Gasteiger partial charge in [0.25, 0.3) is 0 Å². The van der Waals surface area contributed by atoms with E-state index in [4.69, 9.17) is 10.9 Å². The molecule has 0 spiro atoms. The summed E-state index contributed by atoms with van der Waals surface area (Å²) in [5.74, 6) is -0.0338. The van der Waals surface area contributed by atoms with Gasteiger partial charge in [-0.1, -0.05) is 15.9 Å². The van der Waals surface area contributed by atoms with Gasteiger partial charge in [0, 0.05) is 11.0 Å². The average molecular weight is 308 g/mol. The Morgan fingerprint density at radius 2 is 2.06 bits per heavy atom. The molecule has 90 valence electrons. The molecule has 0 aliphatic heterocycles. The SMILES string of the molecule is Nc1ccc(Br)cc1NCCCS(N)(=O)=O. The number of anilines is 2. The molecule has 5 N–H and O–H groups in total. The van der Waals surface area contributed by atoms with Crippen LogP contribution in [0.1, 0.15) is 6.42 Å². The molecule has 0 aliphatic carbocycles. The minimum absolute atomic E-state index is 0.0338. The highest BCUT2D eigenvalue weighted by Gasteiger charge is 2.03. The largest absolute Gasteiger partial charge is 0.397 e. The van der Waals surface area contributed by atoms with E-state index >= 15 is 0 Å². The number of hydrogen-bond donors (Lipinski definition) is 3. The van der Waals surface area contributed by atoms with Gasteiger partial charge in [-0.25, -0.2) is 13.6 Å². The van der Waals surface area contributed by atoms with Gasteiger partial charge in [0.05, 0.1) is 17.1 Å². The van der Waals surface area contributed by atoms with Crippen LogP contribution in [0.15, 0.2) is 22.7 Å². The zero-order valence-electron chi connectivity index (χ0n) is 8.61. The molecule has 5 nitrogen and oxygen atoms in total. The van der Waals surface area contributed by atoms with Crippen LogP contribution < -0.4 is 16.2 Å². The molecular weight excluding hydrogens is 294 g/mol. The molecule has 1 aromatic carbocycles. The molecule has 1 aromatic rings. The van der Waals surface area contributed by atoms with Crippen molar-refractivity contribution in [3.05, 3.63) is 22.7 Å². The normalized spacial score (nSPS) is 11.4. The van der Waals surface area contributed by atoms with E-state index in [0.29, 0.717) is 18.7 Å². The maximum Gasteiger partial charge on any atom is 0.209 e. The van der Waals surface area contributed by atoms with Crippen LogP contribution >= 0.6 is 15.9 Å². The first kappa shape index (κ1) is 13.3. The highest BCUT2D eigenvalue weighted by molar-refractivity contribution is 9.10. The third-order valence-corrected chi connectivity index (χ3v) is 3.29. The van der Waals surface area contributed by atoms with E-state index < -0.39 is 10.0 Å². The molecular formula is C9H14BrN3O2S. The molecule has 16 heavy (non-hydrogen) atoms. The summed E-state index contributed by atoms with van der Waals surface area (Å²) < 4.78 is 22.3. The van der Waals surface area contributed by atoms with Gasteiger partial charge < -0.3 is 11.1 Å². The molecule has 0 amide bonds. The number of nitrogens with two attached hydrogens (primary N) is 2. The molecule has 0 bridgehead atoms. The van der Waals surface area contributed by atoms with E-state index in [1.165, 1.54) is 0 Å². The summed E-state index contributed by atoms with van der Waals surface area (Å²) in [5.41, 5.74) is 7.14. The second-order valence-corrected chi connectivity index (χ2v) is 6.03. The molecule has 0 heterocycles. The Morgan fingerprint density at radius 3 is 2.69 bits per heavy atom. The molecule has 0 saturated carbocycles. The second-order valence-electron chi connectivity index (χ2n) is 3.38. The van der Waals surface area contributed by atoms with Crippen LogP contribution in [0.5, 0.6) is 0 Å². The summed E-state index contributed by atoms with van der Waals surface area (Å²) in [7, 11) is -3.38. The predicted octanol–water partition coefficient (Wildman–Crippen LogP) is 1.12. The van der Waals surface area contributed by atoms with Crippen LogP contribution in [0.25, 0.3) is 0 Å². The van der Waals surface area contributed by atoms with Crippen LogP contribution in [-0.2, 0) is 10.0 Å². The molecule has 0 saturated heterocycles. The summed E-state index contributed by atoms with van der Waals surface area (Å²) in [5, 5.41) is 7.93. The first-order chi connectivity index (χ1) is 7.38. The number of benzene rings is 1. The van der Waals surface area contributed by atoms with Crippen molar-refractivity contribution in [1.29, 1.82) is 0 Å². The van der Waals surface area contributed by atoms with E-state index in [0.717, 1.165) is 10.2 Å². The minimum atomic E-state index is -3.38. The van der Waals surface area contributed by atoms with E-state index in [1.54, 1.807) is 6.07 Å². The fourth-order valence-electron chi connectivity index (χ4n) is 1.18.